The van der Waals surface area contributed by atoms with Crippen molar-refractivity contribution in [2.24, 2.45) is 0 Å². The third kappa shape index (κ3) is 4.94. The number of nitrogens with zero attached hydrogens (tertiary/aromatic N) is 2. The standard InChI is InChI=1S/C13H23N3S/c1-5-6-7-8-17-11-9-10(14)15-12(16-11)13(2,3)4/h9H,5-8H2,1-4H3,(H2,14,15,16). The zero-order valence-electron chi connectivity index (χ0n) is 11.3. The number of thioether (sulfide) groups is 1. The number of rotatable bonds is 5. The molecule has 0 fully saturated rings. The number of hydrogen-bond donors (Lipinski definition) is 1. The zero-order chi connectivity index (χ0) is 12.9. The van der Waals surface area contributed by atoms with Gasteiger partial charge >= 0.3 is 0 Å². The average Bonchev–Trinajstić information content (AvgIpc) is 2.22. The summed E-state index contributed by atoms with van der Waals surface area (Å²) in [6.45, 7) is 8.53. The second-order valence-electron chi connectivity index (χ2n) is 5.26. The lowest BCUT2D eigenvalue weighted by molar-refractivity contribution is 0.539. The van der Waals surface area contributed by atoms with E-state index in [-0.39, 0.29) is 5.41 Å². The quantitative estimate of drug-likeness (QED) is 0.494. The molecule has 0 atom stereocenters. The van der Waals surface area contributed by atoms with Crippen molar-refractivity contribution < 1.29 is 0 Å². The molecular weight excluding hydrogens is 230 g/mol. The Bertz CT molecular complexity index is 358. The highest BCUT2D eigenvalue weighted by Crippen LogP contribution is 2.24. The van der Waals surface area contributed by atoms with Gasteiger partial charge in [0, 0.05) is 11.5 Å². The maximum absolute atomic E-state index is 5.82. The highest BCUT2D eigenvalue weighted by atomic mass is 32.2. The van der Waals surface area contributed by atoms with Gasteiger partial charge in [0.1, 0.15) is 16.7 Å². The number of anilines is 1. The van der Waals surface area contributed by atoms with E-state index in [1.54, 1.807) is 11.8 Å². The smallest absolute Gasteiger partial charge is 0.137 e. The van der Waals surface area contributed by atoms with Crippen molar-refractivity contribution in [2.75, 3.05) is 11.5 Å². The van der Waals surface area contributed by atoms with Gasteiger partial charge in [-0.3, -0.25) is 0 Å². The molecule has 1 aromatic rings. The second-order valence-corrected chi connectivity index (χ2v) is 6.38. The average molecular weight is 253 g/mol. The van der Waals surface area contributed by atoms with Crippen molar-refractivity contribution in [3.05, 3.63) is 11.9 Å². The summed E-state index contributed by atoms with van der Waals surface area (Å²) in [4.78, 5) is 8.88. The van der Waals surface area contributed by atoms with E-state index in [1.165, 1.54) is 19.3 Å². The number of nitrogen functional groups attached to an aromatic ring is 1. The summed E-state index contributed by atoms with van der Waals surface area (Å²) in [7, 11) is 0. The van der Waals surface area contributed by atoms with Gasteiger partial charge < -0.3 is 5.73 Å². The van der Waals surface area contributed by atoms with Crippen LogP contribution in [-0.2, 0) is 5.41 Å². The van der Waals surface area contributed by atoms with Gasteiger partial charge in [0.05, 0.1) is 0 Å². The van der Waals surface area contributed by atoms with Crippen LogP contribution in [0.25, 0.3) is 0 Å². The van der Waals surface area contributed by atoms with Gasteiger partial charge in [0.25, 0.3) is 0 Å². The first kappa shape index (κ1) is 14.3. The number of unbranched alkanes of at least 4 members (excludes halogenated alkanes) is 2. The summed E-state index contributed by atoms with van der Waals surface area (Å²) in [6, 6.07) is 1.87. The molecule has 0 aliphatic heterocycles. The maximum Gasteiger partial charge on any atom is 0.137 e. The van der Waals surface area contributed by atoms with E-state index in [0.717, 1.165) is 16.6 Å². The summed E-state index contributed by atoms with van der Waals surface area (Å²) in [6.07, 6.45) is 3.76. The number of aromatic nitrogens is 2. The Kier molecular flexibility index (Phi) is 5.25. The number of nitrogens with two attached hydrogens (primary N) is 1. The Morgan fingerprint density at radius 1 is 1.24 bits per heavy atom. The van der Waals surface area contributed by atoms with Crippen molar-refractivity contribution >= 4 is 17.6 Å². The highest BCUT2D eigenvalue weighted by molar-refractivity contribution is 7.99. The van der Waals surface area contributed by atoms with Crippen molar-refractivity contribution in [3.63, 3.8) is 0 Å². The molecule has 0 saturated heterocycles. The van der Waals surface area contributed by atoms with Crippen LogP contribution in [0.15, 0.2) is 11.1 Å². The van der Waals surface area contributed by atoms with Gasteiger partial charge in [0.2, 0.25) is 0 Å². The molecule has 2 N–H and O–H groups in total. The van der Waals surface area contributed by atoms with E-state index in [0.29, 0.717) is 5.82 Å². The van der Waals surface area contributed by atoms with E-state index in [4.69, 9.17) is 5.73 Å². The van der Waals surface area contributed by atoms with Crippen LogP contribution in [0.4, 0.5) is 5.82 Å². The fourth-order valence-electron chi connectivity index (χ4n) is 1.38. The number of hydrogen-bond acceptors (Lipinski definition) is 4. The fourth-order valence-corrected chi connectivity index (χ4v) is 2.29. The molecule has 0 unspecified atom stereocenters. The van der Waals surface area contributed by atoms with Crippen LogP contribution in [0.2, 0.25) is 0 Å². The summed E-state index contributed by atoms with van der Waals surface area (Å²) in [5.74, 6) is 2.51. The summed E-state index contributed by atoms with van der Waals surface area (Å²) in [5, 5.41) is 0.999. The molecule has 96 valence electrons. The van der Waals surface area contributed by atoms with Gasteiger partial charge in [-0.15, -0.1) is 11.8 Å². The molecule has 0 aliphatic carbocycles. The largest absolute Gasteiger partial charge is 0.384 e. The molecule has 3 nitrogen and oxygen atoms in total. The van der Waals surface area contributed by atoms with Gasteiger partial charge in [-0.25, -0.2) is 9.97 Å². The van der Waals surface area contributed by atoms with E-state index >= 15 is 0 Å². The van der Waals surface area contributed by atoms with E-state index < -0.39 is 0 Å². The SMILES string of the molecule is CCCCCSc1cc(N)nc(C(C)(C)C)n1. The van der Waals surface area contributed by atoms with Gasteiger partial charge in [0.15, 0.2) is 0 Å². The predicted molar refractivity (Wildman–Crippen MR) is 75.4 cm³/mol. The first-order chi connectivity index (χ1) is 7.93. The van der Waals surface area contributed by atoms with Crippen LogP contribution >= 0.6 is 11.8 Å². The Morgan fingerprint density at radius 3 is 2.53 bits per heavy atom. The normalized spacial score (nSPS) is 11.8. The second kappa shape index (κ2) is 6.24. The maximum atomic E-state index is 5.82. The Morgan fingerprint density at radius 2 is 1.94 bits per heavy atom. The zero-order valence-corrected chi connectivity index (χ0v) is 12.1. The van der Waals surface area contributed by atoms with Crippen LogP contribution in [0.3, 0.4) is 0 Å². The van der Waals surface area contributed by atoms with Crippen molar-refractivity contribution in [1.29, 1.82) is 0 Å². The molecule has 0 radical (unpaired) electrons. The Balaban J connectivity index is 2.69. The minimum Gasteiger partial charge on any atom is -0.384 e. The lowest BCUT2D eigenvalue weighted by atomic mass is 9.96. The minimum atomic E-state index is -0.0475. The first-order valence-electron chi connectivity index (χ1n) is 6.21. The molecule has 0 aliphatic rings. The first-order valence-corrected chi connectivity index (χ1v) is 7.20. The van der Waals surface area contributed by atoms with Crippen molar-refractivity contribution in [2.45, 2.75) is 57.4 Å². The summed E-state index contributed by atoms with van der Waals surface area (Å²) in [5.41, 5.74) is 5.77. The molecule has 17 heavy (non-hydrogen) atoms. The molecule has 1 rings (SSSR count). The topological polar surface area (TPSA) is 51.8 Å². The highest BCUT2D eigenvalue weighted by Gasteiger charge is 2.18. The molecule has 0 spiro atoms. The molecular formula is C13H23N3S. The monoisotopic (exact) mass is 253 g/mol. The summed E-state index contributed by atoms with van der Waals surface area (Å²) >= 11 is 1.77. The van der Waals surface area contributed by atoms with E-state index in [2.05, 4.69) is 37.7 Å². The van der Waals surface area contributed by atoms with Crippen molar-refractivity contribution in [1.82, 2.24) is 9.97 Å². The molecule has 0 bridgehead atoms. The Labute approximate surface area is 109 Å². The van der Waals surface area contributed by atoms with Crippen LogP contribution in [0, 0.1) is 0 Å². The third-order valence-corrected chi connectivity index (χ3v) is 3.39. The van der Waals surface area contributed by atoms with E-state index in [1.807, 2.05) is 6.07 Å². The summed E-state index contributed by atoms with van der Waals surface area (Å²) < 4.78 is 0. The lowest BCUT2D eigenvalue weighted by Crippen LogP contribution is -2.17. The molecule has 0 amide bonds. The molecule has 1 heterocycles. The molecule has 0 aromatic carbocycles. The minimum absolute atomic E-state index is 0.0475. The van der Waals surface area contributed by atoms with Crippen LogP contribution < -0.4 is 5.73 Å². The lowest BCUT2D eigenvalue weighted by Gasteiger charge is -2.17. The predicted octanol–water partition coefficient (Wildman–Crippen LogP) is 3.64. The van der Waals surface area contributed by atoms with Gasteiger partial charge in [-0.2, -0.15) is 0 Å². The third-order valence-electron chi connectivity index (χ3n) is 2.39. The van der Waals surface area contributed by atoms with Gasteiger partial charge in [-0.05, 0) is 12.2 Å². The van der Waals surface area contributed by atoms with Gasteiger partial charge in [-0.1, -0.05) is 40.5 Å². The van der Waals surface area contributed by atoms with E-state index in [9.17, 15) is 0 Å². The molecule has 4 heteroatoms. The molecule has 1 aromatic heterocycles. The van der Waals surface area contributed by atoms with Crippen LogP contribution in [-0.4, -0.2) is 15.7 Å². The molecule has 0 saturated carbocycles. The Hall–Kier alpha value is -0.770. The van der Waals surface area contributed by atoms with Crippen LogP contribution in [0.5, 0.6) is 0 Å². The van der Waals surface area contributed by atoms with Crippen molar-refractivity contribution in [3.8, 4) is 0 Å². The fraction of sp³-hybridized carbons (Fsp3) is 0.692. The van der Waals surface area contributed by atoms with Crippen LogP contribution in [0.1, 0.15) is 52.8 Å².